The second kappa shape index (κ2) is 7.06. The minimum Gasteiger partial charge on any atom is -0.309 e. The Labute approximate surface area is 143 Å². The van der Waals surface area contributed by atoms with Gasteiger partial charge in [0.25, 0.3) is 0 Å². The number of benzene rings is 1. The zero-order chi connectivity index (χ0) is 17.9. The van der Waals surface area contributed by atoms with Crippen LogP contribution in [0.25, 0.3) is 5.82 Å². The van der Waals surface area contributed by atoms with Crippen molar-refractivity contribution >= 4 is 0 Å². The van der Waals surface area contributed by atoms with Gasteiger partial charge < -0.3 is 5.32 Å². The molecule has 3 rings (SSSR count). The number of alkyl halides is 3. The van der Waals surface area contributed by atoms with E-state index in [1.165, 1.54) is 12.1 Å². The molecule has 0 saturated heterocycles. The van der Waals surface area contributed by atoms with Crippen molar-refractivity contribution in [1.29, 1.82) is 0 Å². The van der Waals surface area contributed by atoms with Crippen LogP contribution in [-0.4, -0.2) is 14.5 Å². The van der Waals surface area contributed by atoms with E-state index in [4.69, 9.17) is 0 Å². The third-order valence-electron chi connectivity index (χ3n) is 3.82. The van der Waals surface area contributed by atoms with Crippen LogP contribution in [0.2, 0.25) is 0 Å². The smallest absolute Gasteiger partial charge is 0.309 e. The number of nitrogens with one attached hydrogen (secondary N) is 1. The molecule has 0 spiro atoms. The van der Waals surface area contributed by atoms with Crippen LogP contribution in [0, 0.1) is 6.92 Å². The van der Waals surface area contributed by atoms with Crippen LogP contribution in [0.5, 0.6) is 0 Å². The average Bonchev–Trinajstić information content (AvgIpc) is 3.01. The largest absolute Gasteiger partial charge is 0.416 e. The molecule has 0 aliphatic rings. The molecule has 1 N–H and O–H groups in total. The lowest BCUT2D eigenvalue weighted by Crippen LogP contribution is -2.13. The lowest BCUT2D eigenvalue weighted by molar-refractivity contribution is -0.137. The molecule has 0 saturated carbocycles. The summed E-state index contributed by atoms with van der Waals surface area (Å²) in [6.07, 6.45) is 1.04. The average molecular weight is 346 g/mol. The highest BCUT2D eigenvalue weighted by Crippen LogP contribution is 2.29. The maximum Gasteiger partial charge on any atom is 0.416 e. The fourth-order valence-corrected chi connectivity index (χ4v) is 2.45. The Balaban J connectivity index is 1.55. The van der Waals surface area contributed by atoms with E-state index >= 15 is 0 Å². The zero-order valence-corrected chi connectivity index (χ0v) is 13.6. The highest BCUT2D eigenvalue weighted by atomic mass is 19.4. The Bertz CT molecular complexity index is 821. The number of imidazole rings is 1. The Morgan fingerprint density at radius 3 is 2.20 bits per heavy atom. The predicted octanol–water partition coefficient (Wildman–Crippen LogP) is 3.88. The van der Waals surface area contributed by atoms with E-state index in [0.717, 1.165) is 34.9 Å². The van der Waals surface area contributed by atoms with Crippen LogP contribution in [0.15, 0.2) is 55.0 Å². The van der Waals surface area contributed by atoms with E-state index < -0.39 is 11.7 Å². The van der Waals surface area contributed by atoms with Crippen molar-refractivity contribution in [3.8, 4) is 5.82 Å². The van der Waals surface area contributed by atoms with Gasteiger partial charge in [-0.15, -0.1) is 0 Å². The molecule has 4 nitrogen and oxygen atoms in total. The summed E-state index contributed by atoms with van der Waals surface area (Å²) in [6.45, 7) is 2.97. The van der Waals surface area contributed by atoms with Crippen molar-refractivity contribution in [1.82, 2.24) is 19.9 Å². The molecule has 0 unspecified atom stereocenters. The Morgan fingerprint density at radius 2 is 1.64 bits per heavy atom. The second-order valence-electron chi connectivity index (χ2n) is 5.67. The van der Waals surface area contributed by atoms with E-state index in [1.807, 2.05) is 29.8 Å². The molecular weight excluding hydrogens is 329 g/mol. The summed E-state index contributed by atoms with van der Waals surface area (Å²) in [5.41, 5.74) is 1.16. The summed E-state index contributed by atoms with van der Waals surface area (Å²) in [5.74, 6) is 1.65. The zero-order valence-electron chi connectivity index (χ0n) is 13.6. The van der Waals surface area contributed by atoms with E-state index in [-0.39, 0.29) is 0 Å². The molecule has 0 aliphatic carbocycles. The van der Waals surface area contributed by atoms with Gasteiger partial charge in [-0.3, -0.25) is 4.57 Å². The highest BCUT2D eigenvalue weighted by Gasteiger charge is 2.29. The number of pyridine rings is 1. The van der Waals surface area contributed by atoms with Gasteiger partial charge in [0.2, 0.25) is 0 Å². The Morgan fingerprint density at radius 1 is 0.960 bits per heavy atom. The van der Waals surface area contributed by atoms with Crippen LogP contribution >= 0.6 is 0 Å². The highest BCUT2D eigenvalue weighted by molar-refractivity contribution is 5.27. The van der Waals surface area contributed by atoms with Crippen molar-refractivity contribution in [3.63, 3.8) is 0 Å². The molecule has 25 heavy (non-hydrogen) atoms. The maximum atomic E-state index is 12.5. The van der Waals surface area contributed by atoms with Gasteiger partial charge in [0.05, 0.1) is 5.56 Å². The van der Waals surface area contributed by atoms with E-state index in [9.17, 15) is 13.2 Å². The van der Waals surface area contributed by atoms with Crippen molar-refractivity contribution < 1.29 is 13.2 Å². The van der Waals surface area contributed by atoms with Crippen LogP contribution < -0.4 is 5.32 Å². The molecule has 0 atom stereocenters. The third-order valence-corrected chi connectivity index (χ3v) is 3.82. The Kier molecular flexibility index (Phi) is 4.85. The molecule has 0 aliphatic heterocycles. The van der Waals surface area contributed by atoms with Gasteiger partial charge in [0.15, 0.2) is 0 Å². The molecule has 0 amide bonds. The monoisotopic (exact) mass is 346 g/mol. The summed E-state index contributed by atoms with van der Waals surface area (Å²) in [5, 5.41) is 3.20. The van der Waals surface area contributed by atoms with Gasteiger partial charge in [-0.1, -0.05) is 18.2 Å². The first kappa shape index (κ1) is 17.2. The van der Waals surface area contributed by atoms with E-state index in [0.29, 0.717) is 13.1 Å². The minimum atomic E-state index is -4.30. The molecule has 1 aromatic carbocycles. The molecule has 0 bridgehead atoms. The molecule has 0 radical (unpaired) electrons. The Hall–Kier alpha value is -2.67. The number of halogens is 3. The molecule has 130 valence electrons. The lowest BCUT2D eigenvalue weighted by Gasteiger charge is -2.09. The molecule has 0 fully saturated rings. The van der Waals surface area contributed by atoms with Crippen LogP contribution in [0.1, 0.15) is 22.5 Å². The number of rotatable bonds is 5. The maximum absolute atomic E-state index is 12.5. The van der Waals surface area contributed by atoms with Crippen molar-refractivity contribution in [2.24, 2.45) is 0 Å². The number of hydrogen-bond acceptors (Lipinski definition) is 3. The first-order valence-electron chi connectivity index (χ1n) is 7.75. The topological polar surface area (TPSA) is 42.7 Å². The van der Waals surface area contributed by atoms with Gasteiger partial charge in [-0.2, -0.15) is 13.2 Å². The quantitative estimate of drug-likeness (QED) is 0.762. The van der Waals surface area contributed by atoms with Gasteiger partial charge in [0.1, 0.15) is 11.6 Å². The molecule has 2 aromatic heterocycles. The number of aromatic nitrogens is 3. The summed E-state index contributed by atoms with van der Waals surface area (Å²) in [4.78, 5) is 8.56. The van der Waals surface area contributed by atoms with Crippen LogP contribution in [0.4, 0.5) is 13.2 Å². The van der Waals surface area contributed by atoms with E-state index in [2.05, 4.69) is 15.3 Å². The molecule has 2 heterocycles. The van der Waals surface area contributed by atoms with Crippen molar-refractivity contribution in [3.05, 3.63) is 77.5 Å². The fraction of sp³-hybridized carbons (Fsp3) is 0.222. The number of hydrogen-bond donors (Lipinski definition) is 1. The van der Waals surface area contributed by atoms with Gasteiger partial charge >= 0.3 is 6.18 Å². The van der Waals surface area contributed by atoms with Crippen LogP contribution in [0.3, 0.4) is 0 Å². The second-order valence-corrected chi connectivity index (χ2v) is 5.67. The summed E-state index contributed by atoms with van der Waals surface area (Å²) >= 11 is 0. The standard InChI is InChI=1S/C18H17F3N4/c1-13-23-8-9-25(13)17-7-4-15(12-24-17)11-22-10-14-2-5-16(6-3-14)18(19,20)21/h2-9,12,22H,10-11H2,1H3. The van der Waals surface area contributed by atoms with Crippen LogP contribution in [-0.2, 0) is 19.3 Å². The van der Waals surface area contributed by atoms with Gasteiger partial charge in [-0.05, 0) is 36.2 Å². The summed E-state index contributed by atoms with van der Waals surface area (Å²) in [6, 6.07) is 9.03. The van der Waals surface area contributed by atoms with Crippen molar-refractivity contribution in [2.75, 3.05) is 0 Å². The summed E-state index contributed by atoms with van der Waals surface area (Å²) in [7, 11) is 0. The van der Waals surface area contributed by atoms with Gasteiger partial charge in [0, 0.05) is 31.7 Å². The number of aryl methyl sites for hydroxylation is 1. The summed E-state index contributed by atoms with van der Waals surface area (Å²) < 4.78 is 39.5. The van der Waals surface area contributed by atoms with Crippen molar-refractivity contribution in [2.45, 2.75) is 26.2 Å². The molecule has 7 heteroatoms. The molecular formula is C18H17F3N4. The molecule has 3 aromatic rings. The normalized spacial score (nSPS) is 11.7. The first-order chi connectivity index (χ1) is 11.9. The number of nitrogens with zero attached hydrogens (tertiary/aromatic N) is 3. The predicted molar refractivity (Wildman–Crippen MR) is 88.1 cm³/mol. The fourth-order valence-electron chi connectivity index (χ4n) is 2.45. The first-order valence-corrected chi connectivity index (χ1v) is 7.75. The third kappa shape index (κ3) is 4.24. The SMILES string of the molecule is Cc1nccn1-c1ccc(CNCc2ccc(C(F)(F)F)cc2)cn1. The van der Waals surface area contributed by atoms with E-state index in [1.54, 1.807) is 12.4 Å². The minimum absolute atomic E-state index is 0.487. The van der Waals surface area contributed by atoms with Gasteiger partial charge in [-0.25, -0.2) is 9.97 Å². The lowest BCUT2D eigenvalue weighted by atomic mass is 10.1.